The van der Waals surface area contributed by atoms with E-state index in [1.165, 1.54) is 16.7 Å². The smallest absolute Gasteiger partial charge is 0.237 e. The predicted octanol–water partition coefficient (Wildman–Crippen LogP) is 3.95. The largest absolute Gasteiger partial charge is 0.351 e. The number of nitrogens with zero attached hydrogens (tertiary/aromatic N) is 2. The number of likely N-dealkylation sites (tertiary alicyclic amines) is 1. The number of aromatic nitrogens is 1. The topological polar surface area (TPSA) is 57.3 Å². The summed E-state index contributed by atoms with van der Waals surface area (Å²) >= 11 is 0. The highest BCUT2D eigenvalue weighted by Crippen LogP contribution is 2.19. The fourth-order valence-electron chi connectivity index (χ4n) is 4.31. The predicted molar refractivity (Wildman–Crippen MR) is 133 cm³/mol. The Morgan fingerprint density at radius 3 is 2.70 bits per heavy atom. The highest BCUT2D eigenvalue weighted by Gasteiger charge is 2.35. The number of benzene rings is 2. The van der Waals surface area contributed by atoms with E-state index in [4.69, 9.17) is 0 Å². The van der Waals surface area contributed by atoms with Crippen LogP contribution in [0.3, 0.4) is 0 Å². The molecular weight excluding hydrogens is 408 g/mol. The number of amides is 1. The van der Waals surface area contributed by atoms with Crippen molar-refractivity contribution in [1.82, 2.24) is 20.5 Å². The van der Waals surface area contributed by atoms with Crippen molar-refractivity contribution in [3.8, 4) is 0 Å². The third-order valence-corrected chi connectivity index (χ3v) is 6.02. The third-order valence-electron chi connectivity index (χ3n) is 6.02. The van der Waals surface area contributed by atoms with E-state index in [0.29, 0.717) is 6.54 Å². The van der Waals surface area contributed by atoms with Crippen molar-refractivity contribution < 1.29 is 4.79 Å². The van der Waals surface area contributed by atoms with Gasteiger partial charge in [-0.2, -0.15) is 0 Å². The third kappa shape index (κ3) is 6.85. The number of pyridine rings is 1. The van der Waals surface area contributed by atoms with Crippen LogP contribution < -0.4 is 10.6 Å². The molecule has 1 saturated heterocycles. The van der Waals surface area contributed by atoms with Crippen molar-refractivity contribution in [1.29, 1.82) is 0 Å². The van der Waals surface area contributed by atoms with Gasteiger partial charge in [0.15, 0.2) is 0 Å². The number of carbonyl (C=O) groups excluding carboxylic acids is 1. The van der Waals surface area contributed by atoms with Gasteiger partial charge in [-0.05, 0) is 36.1 Å². The van der Waals surface area contributed by atoms with E-state index >= 15 is 0 Å². The molecule has 3 aromatic rings. The molecule has 5 nitrogen and oxygen atoms in total. The molecule has 1 aliphatic heterocycles. The van der Waals surface area contributed by atoms with Crippen LogP contribution in [0, 0.1) is 6.92 Å². The Bertz CT molecular complexity index is 1050. The summed E-state index contributed by atoms with van der Waals surface area (Å²) in [5, 5.41) is 6.77. The number of carbonyl (C=O) groups is 1. The maximum atomic E-state index is 13.1. The van der Waals surface area contributed by atoms with E-state index in [-0.39, 0.29) is 18.0 Å². The SMILES string of the molecule is Cc1cccc(CN[C@H]2C[C@@H](C(=O)NCc3cccnc3)N(C/C=C/c3ccccc3)C2)c1. The fraction of sp³-hybridized carbons (Fsp3) is 0.286. The molecule has 0 aliphatic carbocycles. The zero-order valence-corrected chi connectivity index (χ0v) is 19.2. The Balaban J connectivity index is 1.38. The lowest BCUT2D eigenvalue weighted by Gasteiger charge is -2.22. The zero-order chi connectivity index (χ0) is 22.9. The summed E-state index contributed by atoms with van der Waals surface area (Å²) in [6.07, 6.45) is 8.61. The Kier molecular flexibility index (Phi) is 8.01. The lowest BCUT2D eigenvalue weighted by Crippen LogP contribution is -2.43. The first-order valence-corrected chi connectivity index (χ1v) is 11.6. The van der Waals surface area contributed by atoms with Gasteiger partial charge in [0, 0.05) is 44.6 Å². The van der Waals surface area contributed by atoms with E-state index in [9.17, 15) is 4.79 Å². The summed E-state index contributed by atoms with van der Waals surface area (Å²) in [7, 11) is 0. The highest BCUT2D eigenvalue weighted by atomic mass is 16.2. The van der Waals surface area contributed by atoms with Crippen molar-refractivity contribution >= 4 is 12.0 Å². The summed E-state index contributed by atoms with van der Waals surface area (Å²) in [6.45, 7) is 5.00. The van der Waals surface area contributed by atoms with Crippen LogP contribution in [0.1, 0.15) is 28.7 Å². The van der Waals surface area contributed by atoms with Crippen molar-refractivity contribution in [3.63, 3.8) is 0 Å². The van der Waals surface area contributed by atoms with E-state index in [1.54, 1.807) is 12.4 Å². The van der Waals surface area contributed by atoms with Gasteiger partial charge in [0.05, 0.1) is 6.04 Å². The molecule has 1 fully saturated rings. The van der Waals surface area contributed by atoms with Crippen LogP contribution >= 0.6 is 0 Å². The molecule has 170 valence electrons. The van der Waals surface area contributed by atoms with Gasteiger partial charge in [0.1, 0.15) is 0 Å². The van der Waals surface area contributed by atoms with Crippen LogP contribution in [-0.4, -0.2) is 41.0 Å². The molecule has 2 aromatic carbocycles. The van der Waals surface area contributed by atoms with Gasteiger partial charge >= 0.3 is 0 Å². The maximum Gasteiger partial charge on any atom is 0.237 e. The Morgan fingerprint density at radius 2 is 1.91 bits per heavy atom. The summed E-state index contributed by atoms with van der Waals surface area (Å²) < 4.78 is 0. The minimum atomic E-state index is -0.155. The van der Waals surface area contributed by atoms with E-state index in [2.05, 4.69) is 76.0 Å². The molecule has 2 atom stereocenters. The van der Waals surface area contributed by atoms with Gasteiger partial charge in [0.2, 0.25) is 5.91 Å². The number of rotatable bonds is 9. The minimum Gasteiger partial charge on any atom is -0.351 e. The molecule has 0 radical (unpaired) electrons. The van der Waals surface area contributed by atoms with Crippen molar-refractivity contribution in [3.05, 3.63) is 107 Å². The normalized spacial score (nSPS) is 18.6. The summed E-state index contributed by atoms with van der Waals surface area (Å²) in [6, 6.07) is 22.8. The van der Waals surface area contributed by atoms with Gasteiger partial charge in [-0.25, -0.2) is 0 Å². The average molecular weight is 441 g/mol. The standard InChI is InChI=1S/C28H32N4O/c1-22-8-5-11-24(16-22)19-30-26-17-27(28(33)31-20-25-12-6-14-29-18-25)32(21-26)15-7-13-23-9-3-2-4-10-23/h2-14,16,18,26-27,30H,15,17,19-21H2,1H3,(H,31,33)/b13-7+/t26-,27-/m0/s1. The molecule has 0 bridgehead atoms. The summed E-state index contributed by atoms with van der Waals surface area (Å²) in [4.78, 5) is 19.5. The van der Waals surface area contributed by atoms with Gasteiger partial charge in [0.25, 0.3) is 0 Å². The number of aryl methyl sites for hydroxylation is 1. The Hall–Kier alpha value is -3.28. The van der Waals surface area contributed by atoms with Crippen molar-refractivity contribution in [2.24, 2.45) is 0 Å². The van der Waals surface area contributed by atoms with Crippen LogP contribution in [0.25, 0.3) is 6.08 Å². The van der Waals surface area contributed by atoms with Gasteiger partial charge in [-0.1, -0.05) is 78.4 Å². The van der Waals surface area contributed by atoms with Crippen molar-refractivity contribution in [2.45, 2.75) is 38.5 Å². The van der Waals surface area contributed by atoms with Crippen molar-refractivity contribution in [2.75, 3.05) is 13.1 Å². The molecule has 5 heteroatoms. The quantitative estimate of drug-likeness (QED) is 0.529. The first-order valence-electron chi connectivity index (χ1n) is 11.6. The van der Waals surface area contributed by atoms with E-state index in [0.717, 1.165) is 31.6 Å². The average Bonchev–Trinajstić information content (AvgIpc) is 3.26. The zero-order valence-electron chi connectivity index (χ0n) is 19.2. The second kappa shape index (κ2) is 11.5. The first-order chi connectivity index (χ1) is 16.2. The van der Waals surface area contributed by atoms with Crippen LogP contribution in [0.15, 0.2) is 85.2 Å². The van der Waals surface area contributed by atoms with Crippen LogP contribution in [-0.2, 0) is 17.9 Å². The summed E-state index contributed by atoms with van der Waals surface area (Å²) in [5.74, 6) is 0.0758. The van der Waals surface area contributed by atoms with E-state index in [1.807, 2.05) is 30.3 Å². The number of nitrogens with one attached hydrogen (secondary N) is 2. The highest BCUT2D eigenvalue weighted by molar-refractivity contribution is 5.82. The van der Waals surface area contributed by atoms with Crippen LogP contribution in [0.5, 0.6) is 0 Å². The van der Waals surface area contributed by atoms with Gasteiger partial charge < -0.3 is 10.6 Å². The molecule has 2 N–H and O–H groups in total. The fourth-order valence-corrected chi connectivity index (χ4v) is 4.31. The molecule has 0 unspecified atom stereocenters. The second-order valence-corrected chi connectivity index (χ2v) is 8.66. The lowest BCUT2D eigenvalue weighted by molar-refractivity contribution is -0.125. The Labute approximate surface area is 196 Å². The van der Waals surface area contributed by atoms with Crippen LogP contribution in [0.4, 0.5) is 0 Å². The second-order valence-electron chi connectivity index (χ2n) is 8.66. The monoisotopic (exact) mass is 440 g/mol. The molecule has 0 spiro atoms. The molecule has 1 aliphatic rings. The minimum absolute atomic E-state index is 0.0758. The number of hydrogen-bond acceptors (Lipinski definition) is 4. The molecule has 1 amide bonds. The molecule has 33 heavy (non-hydrogen) atoms. The molecule has 4 rings (SSSR count). The number of hydrogen-bond donors (Lipinski definition) is 2. The van der Waals surface area contributed by atoms with E-state index < -0.39 is 0 Å². The Morgan fingerprint density at radius 1 is 1.06 bits per heavy atom. The molecule has 0 saturated carbocycles. The molecule has 1 aromatic heterocycles. The van der Waals surface area contributed by atoms with Crippen LogP contribution in [0.2, 0.25) is 0 Å². The van der Waals surface area contributed by atoms with Gasteiger partial charge in [-0.3, -0.25) is 14.7 Å². The summed E-state index contributed by atoms with van der Waals surface area (Å²) in [5.41, 5.74) is 4.72. The first kappa shape index (κ1) is 22.9. The lowest BCUT2D eigenvalue weighted by atomic mass is 10.1. The maximum absolute atomic E-state index is 13.1. The molecular formula is C28H32N4O. The van der Waals surface area contributed by atoms with Gasteiger partial charge in [-0.15, -0.1) is 0 Å². The molecule has 2 heterocycles.